The first-order valence-corrected chi connectivity index (χ1v) is 13.0. The van der Waals surface area contributed by atoms with Crippen LogP contribution < -0.4 is 19.5 Å². The number of carbonyl (C=O) groups is 1. The standard InChI is InChI=1S/C24H31N3O5S/c1-2-3-12-27-13-10-19(11-14-27)25-24(28)18-4-6-20(7-5-18)26-33(29,30)21-8-9-22-23(17-21)32-16-15-31-22/h4-9,17,19,26H,2-3,10-16H2,1H3,(H,25,28). The second kappa shape index (κ2) is 10.4. The number of likely N-dealkylation sites (tertiary alicyclic amines) is 1. The maximum atomic E-state index is 12.8. The first kappa shape index (κ1) is 23.4. The third kappa shape index (κ3) is 5.97. The maximum Gasteiger partial charge on any atom is 0.262 e. The Balaban J connectivity index is 1.33. The molecule has 2 aliphatic rings. The van der Waals surface area contributed by atoms with Crippen molar-refractivity contribution in [3.8, 4) is 11.5 Å². The summed E-state index contributed by atoms with van der Waals surface area (Å²) in [5, 5.41) is 3.10. The molecule has 0 aliphatic carbocycles. The van der Waals surface area contributed by atoms with Crippen molar-refractivity contribution in [2.75, 3.05) is 37.6 Å². The third-order valence-corrected chi connectivity index (χ3v) is 7.35. The number of sulfonamides is 1. The van der Waals surface area contributed by atoms with Crippen LogP contribution in [0, 0.1) is 0 Å². The number of unbranched alkanes of at least 4 members (excludes halogenated alkanes) is 1. The molecule has 2 aromatic rings. The van der Waals surface area contributed by atoms with Crippen LogP contribution in [0.3, 0.4) is 0 Å². The number of nitrogens with zero attached hydrogens (tertiary/aromatic N) is 1. The minimum Gasteiger partial charge on any atom is -0.486 e. The van der Waals surface area contributed by atoms with Crippen LogP contribution in [-0.2, 0) is 10.0 Å². The molecule has 0 aromatic heterocycles. The summed E-state index contributed by atoms with van der Waals surface area (Å²) in [6.07, 6.45) is 4.30. The summed E-state index contributed by atoms with van der Waals surface area (Å²) in [7, 11) is -3.81. The van der Waals surface area contributed by atoms with Crippen LogP contribution in [0.15, 0.2) is 47.4 Å². The molecule has 2 N–H and O–H groups in total. The van der Waals surface area contributed by atoms with Crippen LogP contribution >= 0.6 is 0 Å². The van der Waals surface area contributed by atoms with E-state index in [1.165, 1.54) is 25.0 Å². The highest BCUT2D eigenvalue weighted by atomic mass is 32.2. The number of ether oxygens (including phenoxy) is 2. The number of carbonyl (C=O) groups excluding carboxylic acids is 1. The molecule has 0 bridgehead atoms. The average molecular weight is 474 g/mol. The number of rotatable bonds is 8. The topological polar surface area (TPSA) is 97.0 Å². The fourth-order valence-corrected chi connectivity index (χ4v) is 5.12. The summed E-state index contributed by atoms with van der Waals surface area (Å²) in [4.78, 5) is 15.2. The SMILES string of the molecule is CCCCN1CCC(NC(=O)c2ccc(NS(=O)(=O)c3ccc4c(c3)OCCO4)cc2)CC1. The lowest BCUT2D eigenvalue weighted by atomic mass is 10.0. The minimum absolute atomic E-state index is 0.0823. The number of hydrogen-bond acceptors (Lipinski definition) is 6. The molecular weight excluding hydrogens is 442 g/mol. The van der Waals surface area contributed by atoms with Gasteiger partial charge in [-0.05, 0) is 62.2 Å². The van der Waals surface area contributed by atoms with E-state index in [0.717, 1.165) is 32.5 Å². The molecule has 2 aromatic carbocycles. The summed E-state index contributed by atoms with van der Waals surface area (Å²) < 4.78 is 39.0. The molecule has 0 radical (unpaired) electrons. The molecule has 33 heavy (non-hydrogen) atoms. The van der Waals surface area contributed by atoms with Gasteiger partial charge in [-0.3, -0.25) is 9.52 Å². The number of piperidine rings is 1. The first-order valence-electron chi connectivity index (χ1n) is 11.5. The van der Waals surface area contributed by atoms with Crippen molar-refractivity contribution < 1.29 is 22.7 Å². The van der Waals surface area contributed by atoms with Crippen LogP contribution in [0.4, 0.5) is 5.69 Å². The smallest absolute Gasteiger partial charge is 0.262 e. The van der Waals surface area contributed by atoms with Gasteiger partial charge in [0.25, 0.3) is 15.9 Å². The molecule has 0 unspecified atom stereocenters. The summed E-state index contributed by atoms with van der Waals surface area (Å²) in [6.45, 7) is 6.15. The lowest BCUT2D eigenvalue weighted by molar-refractivity contribution is 0.0911. The van der Waals surface area contributed by atoms with Gasteiger partial charge in [-0.15, -0.1) is 0 Å². The highest BCUT2D eigenvalue weighted by Gasteiger charge is 2.22. The maximum absolute atomic E-state index is 12.8. The second-order valence-electron chi connectivity index (χ2n) is 8.43. The van der Waals surface area contributed by atoms with Crippen molar-refractivity contribution in [2.24, 2.45) is 0 Å². The molecule has 1 fully saturated rings. The highest BCUT2D eigenvalue weighted by Crippen LogP contribution is 2.32. The Morgan fingerprint density at radius 2 is 1.73 bits per heavy atom. The summed E-state index contributed by atoms with van der Waals surface area (Å²) in [5.74, 6) is 0.804. The molecule has 9 heteroatoms. The predicted octanol–water partition coefficient (Wildman–Crippen LogP) is 3.25. The number of amides is 1. The van der Waals surface area contributed by atoms with Crippen LogP contribution in [0.2, 0.25) is 0 Å². The summed E-state index contributed by atoms with van der Waals surface area (Å²) in [5.41, 5.74) is 0.886. The van der Waals surface area contributed by atoms with Gasteiger partial charge in [0.2, 0.25) is 0 Å². The lowest BCUT2D eigenvalue weighted by Crippen LogP contribution is -2.44. The predicted molar refractivity (Wildman–Crippen MR) is 127 cm³/mol. The summed E-state index contributed by atoms with van der Waals surface area (Å²) >= 11 is 0. The molecule has 2 heterocycles. The van der Waals surface area contributed by atoms with Gasteiger partial charge in [0.1, 0.15) is 13.2 Å². The summed E-state index contributed by atoms with van der Waals surface area (Å²) in [6, 6.07) is 11.1. The number of nitrogens with one attached hydrogen (secondary N) is 2. The van der Waals surface area contributed by atoms with Crippen molar-refractivity contribution in [2.45, 2.75) is 43.5 Å². The van der Waals surface area contributed by atoms with E-state index in [9.17, 15) is 13.2 Å². The lowest BCUT2D eigenvalue weighted by Gasteiger charge is -2.32. The molecule has 2 aliphatic heterocycles. The number of anilines is 1. The molecule has 0 atom stereocenters. The van der Waals surface area contributed by atoms with Gasteiger partial charge < -0.3 is 19.7 Å². The van der Waals surface area contributed by atoms with Crippen LogP contribution in [-0.4, -0.2) is 58.1 Å². The van der Waals surface area contributed by atoms with Gasteiger partial charge in [0.05, 0.1) is 4.90 Å². The molecule has 8 nitrogen and oxygen atoms in total. The van der Waals surface area contributed by atoms with E-state index in [2.05, 4.69) is 21.9 Å². The van der Waals surface area contributed by atoms with Crippen molar-refractivity contribution in [3.05, 3.63) is 48.0 Å². The zero-order chi connectivity index (χ0) is 23.3. The monoisotopic (exact) mass is 473 g/mol. The van der Waals surface area contributed by atoms with Gasteiger partial charge >= 0.3 is 0 Å². The molecule has 0 saturated carbocycles. The second-order valence-corrected chi connectivity index (χ2v) is 10.1. The van der Waals surface area contributed by atoms with Gasteiger partial charge in [0.15, 0.2) is 11.5 Å². The van der Waals surface area contributed by atoms with Gasteiger partial charge in [0, 0.05) is 36.4 Å². The van der Waals surface area contributed by atoms with E-state index in [-0.39, 0.29) is 16.8 Å². The number of benzene rings is 2. The van der Waals surface area contributed by atoms with Crippen LogP contribution in [0.25, 0.3) is 0 Å². The third-order valence-electron chi connectivity index (χ3n) is 5.97. The normalized spacial score (nSPS) is 16.9. The molecule has 178 valence electrons. The molecular formula is C24H31N3O5S. The van der Waals surface area contributed by atoms with E-state index in [0.29, 0.717) is 36.0 Å². The first-order chi connectivity index (χ1) is 15.9. The van der Waals surface area contributed by atoms with E-state index >= 15 is 0 Å². The Kier molecular flexibility index (Phi) is 7.39. The van der Waals surface area contributed by atoms with Crippen molar-refractivity contribution in [1.82, 2.24) is 10.2 Å². The molecule has 1 amide bonds. The van der Waals surface area contributed by atoms with E-state index in [1.807, 2.05) is 0 Å². The molecule has 1 saturated heterocycles. The Labute approximate surface area is 195 Å². The quantitative estimate of drug-likeness (QED) is 0.611. The van der Waals surface area contributed by atoms with Crippen molar-refractivity contribution >= 4 is 21.6 Å². The fourth-order valence-electron chi connectivity index (χ4n) is 4.05. The van der Waals surface area contributed by atoms with E-state index in [4.69, 9.17) is 9.47 Å². The van der Waals surface area contributed by atoms with Gasteiger partial charge in [-0.2, -0.15) is 0 Å². The fraction of sp³-hybridized carbons (Fsp3) is 0.458. The highest BCUT2D eigenvalue weighted by molar-refractivity contribution is 7.92. The number of fused-ring (bicyclic) bond motifs is 1. The van der Waals surface area contributed by atoms with E-state index < -0.39 is 10.0 Å². The zero-order valence-electron chi connectivity index (χ0n) is 18.9. The molecule has 0 spiro atoms. The van der Waals surface area contributed by atoms with Gasteiger partial charge in [-0.25, -0.2) is 8.42 Å². The zero-order valence-corrected chi connectivity index (χ0v) is 19.7. The minimum atomic E-state index is -3.81. The Morgan fingerprint density at radius 1 is 1.03 bits per heavy atom. The van der Waals surface area contributed by atoms with Crippen LogP contribution in [0.5, 0.6) is 11.5 Å². The average Bonchev–Trinajstić information content (AvgIpc) is 2.83. The Morgan fingerprint density at radius 3 is 2.42 bits per heavy atom. The van der Waals surface area contributed by atoms with Crippen molar-refractivity contribution in [3.63, 3.8) is 0 Å². The molecule has 4 rings (SSSR count). The number of hydrogen-bond donors (Lipinski definition) is 2. The van der Waals surface area contributed by atoms with Gasteiger partial charge in [-0.1, -0.05) is 13.3 Å². The Bertz CT molecular complexity index is 1060. The van der Waals surface area contributed by atoms with Crippen molar-refractivity contribution in [1.29, 1.82) is 0 Å². The van der Waals surface area contributed by atoms with E-state index in [1.54, 1.807) is 30.3 Å². The largest absolute Gasteiger partial charge is 0.486 e. The van der Waals surface area contributed by atoms with Crippen LogP contribution in [0.1, 0.15) is 43.0 Å². The Hall–Kier alpha value is -2.78.